The molecule has 0 aromatic heterocycles. The third-order valence-electron chi connectivity index (χ3n) is 2.22. The summed E-state index contributed by atoms with van der Waals surface area (Å²) in [6.45, 7) is 27.8. The fraction of sp³-hybridized carbons (Fsp3) is 0.333. The summed E-state index contributed by atoms with van der Waals surface area (Å²) < 4.78 is 35.8. The minimum absolute atomic E-state index is 0. The number of hydrogen-bond acceptors (Lipinski definition) is 1. The van der Waals surface area contributed by atoms with Gasteiger partial charge in [-0.1, -0.05) is 50.0 Å². The molecule has 1 atom stereocenters. The predicted molar refractivity (Wildman–Crippen MR) is 88.4 cm³/mol. The van der Waals surface area contributed by atoms with E-state index in [4.69, 9.17) is 23.3 Å². The number of ether oxygens (including phenoxy) is 1. The zero-order valence-corrected chi connectivity index (χ0v) is 16.8. The first kappa shape index (κ1) is 35.1. The second-order valence-electron chi connectivity index (χ2n) is 5.23. The Labute approximate surface area is 162 Å². The average Bonchev–Trinajstić information content (AvgIpc) is 2.65. The van der Waals surface area contributed by atoms with Crippen LogP contribution in [0.4, 0.5) is 0 Å². The van der Waals surface area contributed by atoms with E-state index in [-0.39, 0.29) is 23.2 Å². The van der Waals surface area contributed by atoms with Gasteiger partial charge in [-0.15, -0.1) is 0 Å². The van der Waals surface area contributed by atoms with Crippen molar-refractivity contribution < 1.29 is 40.4 Å². The second-order valence-corrected chi connectivity index (χ2v) is 10.3. The molecule has 1 aromatic carbocycles. The molecule has 0 heterocycles. The van der Waals surface area contributed by atoms with Gasteiger partial charge in [-0.3, -0.25) is 0 Å². The van der Waals surface area contributed by atoms with Gasteiger partial charge in [0.25, 0.3) is 0 Å². The van der Waals surface area contributed by atoms with E-state index in [9.17, 15) is 0 Å². The van der Waals surface area contributed by atoms with Crippen LogP contribution >= 0.6 is 0 Å². The molecule has 2 radical (unpaired) electrons. The van der Waals surface area contributed by atoms with Crippen LogP contribution < -0.4 is 0 Å². The Kier molecular flexibility index (Phi) is 38.9. The topological polar surface area (TPSA) is 88.8 Å². The molecule has 1 aromatic rings. The van der Waals surface area contributed by atoms with Crippen molar-refractivity contribution in [3.05, 3.63) is 75.0 Å². The van der Waals surface area contributed by atoms with Crippen LogP contribution in [0.25, 0.3) is 0 Å². The van der Waals surface area contributed by atoms with Crippen molar-refractivity contribution in [3.8, 4) is 0 Å². The van der Waals surface area contributed by atoms with Gasteiger partial charge in [0.05, 0.1) is 12.7 Å². The first-order valence-corrected chi connectivity index (χ1v) is 10.2. The minimum Gasteiger partial charge on any atom is 0 e. The van der Waals surface area contributed by atoms with E-state index in [1.165, 1.54) is 5.56 Å². The van der Waals surface area contributed by atoms with Gasteiger partial charge in [-0.05, 0) is 25.0 Å². The summed E-state index contributed by atoms with van der Waals surface area (Å²) in [6.07, 6.45) is 2.39. The molecule has 0 spiro atoms. The van der Waals surface area contributed by atoms with Gasteiger partial charge >= 0.3 is 45.2 Å². The Morgan fingerprint density at radius 1 is 0.920 bits per heavy atom. The fourth-order valence-electron chi connectivity index (χ4n) is 1.28. The molecule has 0 aliphatic rings. The van der Waals surface area contributed by atoms with Gasteiger partial charge in [0.15, 0.2) is 0 Å². The van der Waals surface area contributed by atoms with E-state index in [1.807, 2.05) is 18.2 Å². The summed E-state index contributed by atoms with van der Waals surface area (Å²) in [5, 5.41) is 0. The van der Waals surface area contributed by atoms with Crippen LogP contribution in [0.2, 0.25) is 19.6 Å². The van der Waals surface area contributed by atoms with Crippen molar-refractivity contribution >= 4 is 8.07 Å². The molecule has 0 amide bonds. The molecule has 25 heavy (non-hydrogen) atoms. The summed E-state index contributed by atoms with van der Waals surface area (Å²) in [5.74, 6) is 0. The normalized spacial score (nSPS) is 9.12. The van der Waals surface area contributed by atoms with Crippen molar-refractivity contribution in [2.75, 3.05) is 0 Å². The van der Waals surface area contributed by atoms with Gasteiger partial charge in [0, 0.05) is 25.1 Å². The first-order valence-electron chi connectivity index (χ1n) is 6.64. The third kappa shape index (κ3) is 31.2. The molecule has 0 aliphatic carbocycles. The Bertz CT molecular complexity index is 425. The van der Waals surface area contributed by atoms with Gasteiger partial charge in [-0.2, -0.15) is 0 Å². The number of benzene rings is 1. The molecule has 0 bridgehead atoms. The van der Waals surface area contributed by atoms with Gasteiger partial charge in [0.2, 0.25) is 0 Å². The van der Waals surface area contributed by atoms with Crippen molar-refractivity contribution in [2.45, 2.75) is 39.3 Å². The molecule has 0 saturated carbocycles. The summed E-state index contributed by atoms with van der Waals surface area (Å²) in [4.78, 5) is 0. The van der Waals surface area contributed by atoms with E-state index in [0.717, 1.165) is 0 Å². The van der Waals surface area contributed by atoms with Crippen LogP contribution in [0.15, 0.2) is 30.3 Å². The molecule has 0 saturated heterocycles. The molecule has 7 heteroatoms. The number of hydrogen-bond donors (Lipinski definition) is 0. The van der Waals surface area contributed by atoms with Crippen LogP contribution in [-0.4, -0.2) is 14.2 Å². The zero-order valence-electron chi connectivity index (χ0n) is 14.7. The van der Waals surface area contributed by atoms with E-state index >= 15 is 0 Å². The first-order chi connectivity index (χ1) is 11.5. The van der Waals surface area contributed by atoms with Crippen LogP contribution in [-0.2, 0) is 47.0 Å². The molecule has 0 N–H and O–H groups in total. The SMILES string of the molecule is CC([CH][CH][Si](C)(C)C)OCc1ccccc1.[C-]#[O+].[C-]#[O+].[C-]#[O+].[C-]#[O+].[Fe]. The van der Waals surface area contributed by atoms with Gasteiger partial charge in [0.1, 0.15) is 0 Å². The van der Waals surface area contributed by atoms with Gasteiger partial charge < -0.3 is 4.74 Å². The van der Waals surface area contributed by atoms with Crippen LogP contribution in [0.1, 0.15) is 12.5 Å². The average molecular weight is 402 g/mol. The van der Waals surface area contributed by atoms with Crippen molar-refractivity contribution in [2.24, 2.45) is 0 Å². The minimum atomic E-state index is -1.09. The largest absolute Gasteiger partial charge is 0 e. The van der Waals surface area contributed by atoms with Crippen LogP contribution in [0, 0.1) is 39.1 Å². The smallest absolute Gasteiger partial charge is 0 e. The van der Waals surface area contributed by atoms with E-state index in [1.54, 1.807) is 0 Å². The number of rotatable bonds is 6. The molecule has 5 nitrogen and oxygen atoms in total. The summed E-state index contributed by atoms with van der Waals surface area (Å²) in [5.41, 5.74) is 1.23. The van der Waals surface area contributed by atoms with Crippen LogP contribution in [0.5, 0.6) is 0 Å². The van der Waals surface area contributed by atoms with Crippen LogP contribution in [0.3, 0.4) is 0 Å². The maximum atomic E-state index is 7.50. The summed E-state index contributed by atoms with van der Waals surface area (Å²) in [7, 11) is -1.09. The molecule has 1 rings (SSSR count). The standard InChI is InChI=1S/C14H22OSi.4CO.Fe/c1-13(10-11-16(2,3)4)15-12-14-8-6-5-7-9-14;4*1-2;/h5-11,13H,12H2,1-4H3;;;;;. The Morgan fingerprint density at radius 2 is 1.32 bits per heavy atom. The molecular weight excluding hydrogens is 380 g/mol. The quantitative estimate of drug-likeness (QED) is 0.405. The van der Waals surface area contributed by atoms with Crippen molar-refractivity contribution in [1.29, 1.82) is 0 Å². The van der Waals surface area contributed by atoms with E-state index < -0.39 is 8.07 Å². The van der Waals surface area contributed by atoms with E-state index in [0.29, 0.717) is 6.61 Å². The van der Waals surface area contributed by atoms with Crippen molar-refractivity contribution in [3.63, 3.8) is 0 Å². The maximum absolute atomic E-state index is 7.50. The summed E-state index contributed by atoms with van der Waals surface area (Å²) >= 11 is 0. The molecule has 0 fully saturated rings. The Balaban J connectivity index is -0.000000130. The Hall–Kier alpha value is -1.12. The zero-order chi connectivity index (χ0) is 20.0. The summed E-state index contributed by atoms with van der Waals surface area (Å²) in [6, 6.07) is 12.6. The maximum Gasteiger partial charge on any atom is 0 e. The monoisotopic (exact) mass is 402 g/mol. The van der Waals surface area contributed by atoms with Gasteiger partial charge in [-0.25, -0.2) is 0 Å². The Morgan fingerprint density at radius 3 is 1.68 bits per heavy atom. The molecule has 136 valence electrons. The van der Waals surface area contributed by atoms with E-state index in [2.05, 4.69) is 77.8 Å². The molecule has 1 unspecified atom stereocenters. The molecular formula is C18H22FeO5Si. The second kappa shape index (κ2) is 27.7. The third-order valence-corrected chi connectivity index (χ3v) is 3.42. The predicted octanol–water partition coefficient (Wildman–Crippen LogP) is 3.73. The molecule has 0 aliphatic heterocycles. The van der Waals surface area contributed by atoms with Crippen molar-refractivity contribution in [1.82, 2.24) is 0 Å². The fourth-order valence-corrected chi connectivity index (χ4v) is 2.13.